The lowest BCUT2D eigenvalue weighted by molar-refractivity contribution is -0.123. The van der Waals surface area contributed by atoms with Crippen LogP contribution in [0.25, 0.3) is 11.4 Å². The molecule has 7 nitrogen and oxygen atoms in total. The summed E-state index contributed by atoms with van der Waals surface area (Å²) in [6, 6.07) is 2.37. The Bertz CT molecular complexity index is 746. The van der Waals surface area contributed by atoms with Gasteiger partial charge in [-0.1, -0.05) is 12.1 Å². The molecule has 1 saturated carbocycles. The Morgan fingerprint density at radius 1 is 1.21 bits per heavy atom. The van der Waals surface area contributed by atoms with Gasteiger partial charge in [0.15, 0.2) is 0 Å². The molecule has 1 N–H and O–H groups in total. The minimum atomic E-state index is 0.172. The van der Waals surface area contributed by atoms with Crippen molar-refractivity contribution in [2.75, 3.05) is 32.7 Å². The number of piperazine rings is 1. The number of nitrogens with zero attached hydrogens (tertiary/aromatic N) is 4. The number of nitrogens with one attached hydrogen (secondary N) is 1. The van der Waals surface area contributed by atoms with Crippen LogP contribution < -0.4 is 5.32 Å². The highest BCUT2D eigenvalue weighted by Gasteiger charge is 2.23. The molecule has 1 aliphatic carbocycles. The fourth-order valence-electron chi connectivity index (χ4n) is 4.01. The van der Waals surface area contributed by atoms with E-state index in [9.17, 15) is 4.79 Å². The van der Waals surface area contributed by atoms with Gasteiger partial charge in [0.1, 0.15) is 0 Å². The summed E-state index contributed by atoms with van der Waals surface area (Å²) < 4.78 is 5.40. The van der Waals surface area contributed by atoms with Crippen molar-refractivity contribution in [2.24, 2.45) is 5.92 Å². The van der Waals surface area contributed by atoms with Crippen LogP contribution >= 0.6 is 11.3 Å². The molecule has 8 heteroatoms. The van der Waals surface area contributed by atoms with Crippen molar-refractivity contribution in [3.05, 3.63) is 22.7 Å². The van der Waals surface area contributed by atoms with Crippen LogP contribution in [0.15, 0.2) is 21.3 Å². The van der Waals surface area contributed by atoms with E-state index in [0.717, 1.165) is 50.5 Å². The zero-order chi connectivity index (χ0) is 19.3. The van der Waals surface area contributed by atoms with Gasteiger partial charge in [-0.25, -0.2) is 0 Å². The number of thiophene rings is 1. The van der Waals surface area contributed by atoms with Gasteiger partial charge in [-0.3, -0.25) is 14.6 Å². The van der Waals surface area contributed by atoms with Crippen molar-refractivity contribution in [3.8, 4) is 11.4 Å². The number of carbonyl (C=O) groups excluding carboxylic acids is 1. The average molecular weight is 404 g/mol. The van der Waals surface area contributed by atoms with Crippen LogP contribution in [0.2, 0.25) is 0 Å². The molecule has 0 aromatic carbocycles. The van der Waals surface area contributed by atoms with Crippen molar-refractivity contribution in [1.29, 1.82) is 0 Å². The molecule has 0 atom stereocenters. The number of carbonyl (C=O) groups is 1. The van der Waals surface area contributed by atoms with Crippen molar-refractivity contribution >= 4 is 17.2 Å². The Labute approximate surface area is 170 Å². The van der Waals surface area contributed by atoms with E-state index in [2.05, 4.69) is 32.2 Å². The minimum Gasteiger partial charge on any atom is -0.352 e. The first kappa shape index (κ1) is 19.5. The summed E-state index contributed by atoms with van der Waals surface area (Å²) in [6.07, 6.45) is 4.71. The Kier molecular flexibility index (Phi) is 6.39. The second-order valence-corrected chi connectivity index (χ2v) is 8.88. The predicted octanol–water partition coefficient (Wildman–Crippen LogP) is 2.61. The third kappa shape index (κ3) is 5.18. The van der Waals surface area contributed by atoms with E-state index in [1.165, 1.54) is 12.8 Å². The topological polar surface area (TPSA) is 74.5 Å². The summed E-state index contributed by atoms with van der Waals surface area (Å²) >= 11 is 1.62. The zero-order valence-corrected chi connectivity index (χ0v) is 17.3. The first-order valence-corrected chi connectivity index (χ1v) is 11.2. The third-order valence-electron chi connectivity index (χ3n) is 5.82. The monoisotopic (exact) mass is 403 g/mol. The number of rotatable bonds is 6. The van der Waals surface area contributed by atoms with Gasteiger partial charge in [-0.2, -0.15) is 16.3 Å². The quantitative estimate of drug-likeness (QED) is 0.799. The van der Waals surface area contributed by atoms with E-state index in [-0.39, 0.29) is 5.91 Å². The molecule has 3 heterocycles. The third-order valence-corrected chi connectivity index (χ3v) is 6.50. The Morgan fingerprint density at radius 3 is 2.68 bits per heavy atom. The molecule has 28 heavy (non-hydrogen) atoms. The van der Waals surface area contributed by atoms with Gasteiger partial charge in [0, 0.05) is 43.2 Å². The second-order valence-electron chi connectivity index (χ2n) is 8.10. The fraction of sp³-hybridized carbons (Fsp3) is 0.650. The number of amides is 1. The van der Waals surface area contributed by atoms with Crippen molar-refractivity contribution < 1.29 is 9.32 Å². The fourth-order valence-corrected chi connectivity index (χ4v) is 4.64. The Morgan fingerprint density at radius 2 is 1.96 bits per heavy atom. The minimum absolute atomic E-state index is 0.172. The molecule has 0 bridgehead atoms. The summed E-state index contributed by atoms with van der Waals surface area (Å²) in [6.45, 7) is 7.06. The SMILES string of the molecule is CC1CCC(NC(=O)CN2CCN(Cc3nc(-c4ccsc4)no3)CC2)CC1. The summed E-state index contributed by atoms with van der Waals surface area (Å²) in [5.74, 6) is 2.29. The van der Waals surface area contributed by atoms with Gasteiger partial charge in [0.2, 0.25) is 17.6 Å². The van der Waals surface area contributed by atoms with Gasteiger partial charge in [-0.05, 0) is 43.0 Å². The van der Waals surface area contributed by atoms with Crippen molar-refractivity contribution in [3.63, 3.8) is 0 Å². The maximum absolute atomic E-state index is 12.4. The Balaban J connectivity index is 1.18. The van der Waals surface area contributed by atoms with E-state index in [0.29, 0.717) is 30.8 Å². The maximum Gasteiger partial charge on any atom is 0.241 e. The lowest BCUT2D eigenvalue weighted by Crippen LogP contribution is -2.50. The van der Waals surface area contributed by atoms with Gasteiger partial charge in [0.25, 0.3) is 0 Å². The van der Waals surface area contributed by atoms with E-state index < -0.39 is 0 Å². The zero-order valence-electron chi connectivity index (χ0n) is 16.5. The molecule has 2 fully saturated rings. The highest BCUT2D eigenvalue weighted by molar-refractivity contribution is 7.08. The molecule has 1 aliphatic heterocycles. The molecule has 2 aromatic heterocycles. The number of hydrogen-bond donors (Lipinski definition) is 1. The largest absolute Gasteiger partial charge is 0.352 e. The first-order chi connectivity index (χ1) is 13.7. The molecule has 0 unspecified atom stereocenters. The molecule has 152 valence electrons. The van der Waals surface area contributed by atoms with Gasteiger partial charge in [-0.15, -0.1) is 0 Å². The highest BCUT2D eigenvalue weighted by Crippen LogP contribution is 2.23. The van der Waals surface area contributed by atoms with Crippen LogP contribution in [0.3, 0.4) is 0 Å². The molecule has 0 spiro atoms. The van der Waals surface area contributed by atoms with E-state index in [4.69, 9.17) is 4.52 Å². The summed E-state index contributed by atoms with van der Waals surface area (Å²) in [5.41, 5.74) is 1.00. The van der Waals surface area contributed by atoms with Gasteiger partial charge < -0.3 is 9.84 Å². The number of aromatic nitrogens is 2. The van der Waals surface area contributed by atoms with Crippen LogP contribution in [0.4, 0.5) is 0 Å². The van der Waals surface area contributed by atoms with Crippen LogP contribution in [0, 0.1) is 5.92 Å². The smallest absolute Gasteiger partial charge is 0.241 e. The highest BCUT2D eigenvalue weighted by atomic mass is 32.1. The maximum atomic E-state index is 12.4. The Hall–Kier alpha value is -1.77. The molecule has 1 amide bonds. The van der Waals surface area contributed by atoms with Gasteiger partial charge in [0.05, 0.1) is 13.1 Å². The molecule has 2 aliphatic rings. The van der Waals surface area contributed by atoms with Crippen LogP contribution in [0.5, 0.6) is 0 Å². The molecule has 2 aromatic rings. The van der Waals surface area contributed by atoms with Crippen LogP contribution in [-0.2, 0) is 11.3 Å². The van der Waals surface area contributed by atoms with Crippen LogP contribution in [-0.4, -0.2) is 64.6 Å². The molecule has 0 radical (unpaired) electrons. The van der Waals surface area contributed by atoms with Crippen molar-refractivity contribution in [2.45, 2.75) is 45.2 Å². The van der Waals surface area contributed by atoms with Crippen molar-refractivity contribution in [1.82, 2.24) is 25.3 Å². The number of hydrogen-bond acceptors (Lipinski definition) is 7. The first-order valence-electron chi connectivity index (χ1n) is 10.2. The van der Waals surface area contributed by atoms with E-state index in [1.807, 2.05) is 16.8 Å². The molecular formula is C20H29N5O2S. The lowest BCUT2D eigenvalue weighted by atomic mass is 9.87. The molecule has 1 saturated heterocycles. The predicted molar refractivity (Wildman–Crippen MR) is 109 cm³/mol. The lowest BCUT2D eigenvalue weighted by Gasteiger charge is -2.34. The van der Waals surface area contributed by atoms with Crippen LogP contribution in [0.1, 0.15) is 38.5 Å². The average Bonchev–Trinajstić information content (AvgIpc) is 3.37. The van der Waals surface area contributed by atoms with Gasteiger partial charge >= 0.3 is 0 Å². The molecular weight excluding hydrogens is 374 g/mol. The van der Waals surface area contributed by atoms with E-state index >= 15 is 0 Å². The second kappa shape index (κ2) is 9.15. The normalized spacial score (nSPS) is 24.3. The summed E-state index contributed by atoms with van der Waals surface area (Å²) in [4.78, 5) is 21.4. The summed E-state index contributed by atoms with van der Waals surface area (Å²) in [5, 5.41) is 11.3. The standard InChI is InChI=1S/C20H29N5O2S/c1-15-2-4-17(5-3-15)21-18(26)12-24-7-9-25(10-8-24)13-19-22-20(23-27-19)16-6-11-28-14-16/h6,11,14-15,17H,2-5,7-10,12-13H2,1H3,(H,21,26). The molecule has 4 rings (SSSR count). The van der Waals surface area contributed by atoms with E-state index in [1.54, 1.807) is 11.3 Å². The summed E-state index contributed by atoms with van der Waals surface area (Å²) in [7, 11) is 0.